The fraction of sp³-hybridized carbons (Fsp3) is 0.571. The molecule has 0 bridgehead atoms. The van der Waals surface area contributed by atoms with E-state index in [0.717, 1.165) is 29.1 Å². The Balaban J connectivity index is 1.95. The van der Waals surface area contributed by atoms with E-state index < -0.39 is 0 Å². The van der Waals surface area contributed by atoms with Crippen LogP contribution in [0.25, 0.3) is 0 Å². The number of nitrogens with one attached hydrogen (secondary N) is 1. The Hall–Kier alpha value is -0.0900. The molecule has 0 aliphatic carbocycles. The molecule has 0 aromatic heterocycles. The number of benzene rings is 1. The zero-order valence-corrected chi connectivity index (χ0v) is 13.3. The average Bonchev–Trinajstić information content (AvgIpc) is 2.36. The second-order valence-corrected chi connectivity index (χ2v) is 6.65. The monoisotopic (exact) mass is 330 g/mol. The maximum Gasteiger partial charge on any atom is 0.0462 e. The third-order valence-electron chi connectivity index (χ3n) is 3.97. The molecule has 0 unspecified atom stereocenters. The minimum Gasteiger partial charge on any atom is -0.314 e. The molecule has 1 N–H and O–H groups in total. The summed E-state index contributed by atoms with van der Waals surface area (Å²) in [4.78, 5) is 2.48. The SMILES string of the molecule is CNC1(C)CCN(Cc2ccc(Br)cc2Cl)CC1. The molecular weight excluding hydrogens is 312 g/mol. The Labute approximate surface area is 123 Å². The molecule has 18 heavy (non-hydrogen) atoms. The van der Waals surface area contributed by atoms with Crippen molar-refractivity contribution in [1.82, 2.24) is 10.2 Å². The third kappa shape index (κ3) is 3.47. The highest BCUT2D eigenvalue weighted by molar-refractivity contribution is 9.10. The van der Waals surface area contributed by atoms with E-state index in [9.17, 15) is 0 Å². The molecule has 1 saturated heterocycles. The van der Waals surface area contributed by atoms with Crippen molar-refractivity contribution in [2.75, 3.05) is 20.1 Å². The second kappa shape index (κ2) is 5.91. The Bertz CT molecular complexity index is 414. The fourth-order valence-electron chi connectivity index (χ4n) is 2.35. The summed E-state index contributed by atoms with van der Waals surface area (Å²) in [5, 5.41) is 4.28. The molecule has 0 atom stereocenters. The number of likely N-dealkylation sites (tertiary alicyclic amines) is 1. The van der Waals surface area contributed by atoms with Crippen molar-refractivity contribution in [3.05, 3.63) is 33.3 Å². The van der Waals surface area contributed by atoms with Crippen LogP contribution in [0, 0.1) is 0 Å². The topological polar surface area (TPSA) is 15.3 Å². The van der Waals surface area contributed by atoms with Crippen LogP contribution in [0.2, 0.25) is 5.02 Å². The molecule has 1 fully saturated rings. The largest absolute Gasteiger partial charge is 0.314 e. The molecular formula is C14H20BrClN2. The summed E-state index contributed by atoms with van der Waals surface area (Å²) in [6, 6.07) is 6.14. The van der Waals surface area contributed by atoms with Gasteiger partial charge < -0.3 is 5.32 Å². The molecule has 2 nitrogen and oxygen atoms in total. The lowest BCUT2D eigenvalue weighted by Crippen LogP contribution is -2.49. The van der Waals surface area contributed by atoms with Gasteiger partial charge in [-0.3, -0.25) is 4.90 Å². The Morgan fingerprint density at radius 1 is 1.39 bits per heavy atom. The molecule has 1 aromatic carbocycles. The number of nitrogens with zero attached hydrogens (tertiary/aromatic N) is 1. The van der Waals surface area contributed by atoms with E-state index in [4.69, 9.17) is 11.6 Å². The normalized spacial score (nSPS) is 20.0. The minimum atomic E-state index is 0.306. The quantitative estimate of drug-likeness (QED) is 0.909. The van der Waals surface area contributed by atoms with Gasteiger partial charge in [-0.2, -0.15) is 0 Å². The van der Waals surface area contributed by atoms with E-state index in [-0.39, 0.29) is 0 Å². The van der Waals surface area contributed by atoms with Gasteiger partial charge in [-0.15, -0.1) is 0 Å². The highest BCUT2D eigenvalue weighted by atomic mass is 79.9. The molecule has 0 spiro atoms. The first-order valence-electron chi connectivity index (χ1n) is 6.38. The summed E-state index contributed by atoms with van der Waals surface area (Å²) in [6.07, 6.45) is 2.38. The van der Waals surface area contributed by atoms with Crippen molar-refractivity contribution in [3.8, 4) is 0 Å². The maximum atomic E-state index is 6.26. The summed E-state index contributed by atoms with van der Waals surface area (Å²) in [5.41, 5.74) is 1.52. The summed E-state index contributed by atoms with van der Waals surface area (Å²) in [5.74, 6) is 0. The van der Waals surface area contributed by atoms with E-state index in [1.54, 1.807) is 0 Å². The molecule has 100 valence electrons. The van der Waals surface area contributed by atoms with Crippen molar-refractivity contribution in [2.45, 2.75) is 31.8 Å². The van der Waals surface area contributed by atoms with Gasteiger partial charge in [0.2, 0.25) is 0 Å². The van der Waals surface area contributed by atoms with Crippen LogP contribution >= 0.6 is 27.5 Å². The average molecular weight is 332 g/mol. The highest BCUT2D eigenvalue weighted by Crippen LogP contribution is 2.26. The number of hydrogen-bond acceptors (Lipinski definition) is 2. The van der Waals surface area contributed by atoms with Gasteiger partial charge in [0.15, 0.2) is 0 Å². The molecule has 2 rings (SSSR count). The Morgan fingerprint density at radius 2 is 2.06 bits per heavy atom. The lowest BCUT2D eigenvalue weighted by molar-refractivity contribution is 0.146. The van der Waals surface area contributed by atoms with Gasteiger partial charge in [-0.05, 0) is 44.5 Å². The van der Waals surface area contributed by atoms with Crippen molar-refractivity contribution in [2.24, 2.45) is 0 Å². The highest BCUT2D eigenvalue weighted by Gasteiger charge is 2.28. The molecule has 1 aliphatic rings. The van der Waals surface area contributed by atoms with Crippen LogP contribution in [0.15, 0.2) is 22.7 Å². The zero-order chi connectivity index (χ0) is 13.2. The van der Waals surface area contributed by atoms with Crippen LogP contribution in [0.1, 0.15) is 25.3 Å². The first kappa shape index (κ1) is 14.3. The third-order valence-corrected chi connectivity index (χ3v) is 4.82. The van der Waals surface area contributed by atoms with Crippen molar-refractivity contribution < 1.29 is 0 Å². The molecule has 0 saturated carbocycles. The molecule has 4 heteroatoms. The molecule has 0 radical (unpaired) electrons. The van der Waals surface area contributed by atoms with E-state index in [1.807, 2.05) is 6.07 Å². The van der Waals surface area contributed by atoms with Gasteiger partial charge in [0, 0.05) is 34.7 Å². The van der Waals surface area contributed by atoms with Gasteiger partial charge in [0.05, 0.1) is 0 Å². The first-order chi connectivity index (χ1) is 8.52. The van der Waals surface area contributed by atoms with Crippen LogP contribution < -0.4 is 5.32 Å². The van der Waals surface area contributed by atoms with Crippen molar-refractivity contribution in [3.63, 3.8) is 0 Å². The van der Waals surface area contributed by atoms with E-state index in [0.29, 0.717) is 5.54 Å². The zero-order valence-electron chi connectivity index (χ0n) is 11.0. The van der Waals surface area contributed by atoms with Gasteiger partial charge in [-0.25, -0.2) is 0 Å². The predicted octanol–water partition coefficient (Wildman–Crippen LogP) is 3.68. The summed E-state index contributed by atoms with van der Waals surface area (Å²) in [6.45, 7) is 5.51. The predicted molar refractivity (Wildman–Crippen MR) is 81.1 cm³/mol. The Morgan fingerprint density at radius 3 is 2.61 bits per heavy atom. The fourth-order valence-corrected chi connectivity index (χ4v) is 3.08. The Kier molecular flexibility index (Phi) is 4.70. The molecule has 0 amide bonds. The summed E-state index contributed by atoms with van der Waals surface area (Å²) in [7, 11) is 2.06. The summed E-state index contributed by atoms with van der Waals surface area (Å²) >= 11 is 9.70. The molecule has 1 aliphatic heterocycles. The lowest BCUT2D eigenvalue weighted by atomic mass is 9.90. The van der Waals surface area contributed by atoms with Crippen LogP contribution in [0.4, 0.5) is 0 Å². The first-order valence-corrected chi connectivity index (χ1v) is 7.55. The lowest BCUT2D eigenvalue weighted by Gasteiger charge is -2.39. The second-order valence-electron chi connectivity index (χ2n) is 5.32. The van der Waals surface area contributed by atoms with E-state index >= 15 is 0 Å². The summed E-state index contributed by atoms with van der Waals surface area (Å²) < 4.78 is 1.04. The maximum absolute atomic E-state index is 6.26. The molecule has 1 aromatic rings. The van der Waals surface area contributed by atoms with Gasteiger partial charge in [-0.1, -0.05) is 33.6 Å². The van der Waals surface area contributed by atoms with E-state index in [2.05, 4.69) is 52.3 Å². The van der Waals surface area contributed by atoms with Gasteiger partial charge in [0.25, 0.3) is 0 Å². The van der Waals surface area contributed by atoms with Crippen LogP contribution in [-0.2, 0) is 6.54 Å². The van der Waals surface area contributed by atoms with Gasteiger partial charge in [0.1, 0.15) is 0 Å². The number of halogens is 2. The van der Waals surface area contributed by atoms with Crippen LogP contribution in [0.5, 0.6) is 0 Å². The van der Waals surface area contributed by atoms with Crippen molar-refractivity contribution in [1.29, 1.82) is 0 Å². The number of hydrogen-bond donors (Lipinski definition) is 1. The molecule has 1 heterocycles. The van der Waals surface area contributed by atoms with Crippen LogP contribution in [0.3, 0.4) is 0 Å². The smallest absolute Gasteiger partial charge is 0.0462 e. The number of piperidine rings is 1. The standard InChI is InChI=1S/C14H20BrClN2/c1-14(17-2)5-7-18(8-6-14)10-11-3-4-12(15)9-13(11)16/h3-4,9,17H,5-8,10H2,1-2H3. The van der Waals surface area contributed by atoms with Gasteiger partial charge >= 0.3 is 0 Å². The van der Waals surface area contributed by atoms with Crippen molar-refractivity contribution >= 4 is 27.5 Å². The van der Waals surface area contributed by atoms with Crippen LogP contribution in [-0.4, -0.2) is 30.6 Å². The number of rotatable bonds is 3. The minimum absolute atomic E-state index is 0.306. The van der Waals surface area contributed by atoms with E-state index in [1.165, 1.54) is 18.4 Å².